The molecule has 0 bridgehead atoms. The molecular formula is C66H48N2O4. The van der Waals surface area contributed by atoms with E-state index in [1.165, 1.54) is 76.1 Å². The van der Waals surface area contributed by atoms with Gasteiger partial charge in [0.25, 0.3) is 0 Å². The first kappa shape index (κ1) is 42.8. The van der Waals surface area contributed by atoms with Gasteiger partial charge < -0.3 is 28.7 Å². The molecule has 0 amide bonds. The number of methoxy groups -OCH3 is 4. The monoisotopic (exact) mass is 932 g/mol. The number of nitrogens with zero attached hydrogens (tertiary/aromatic N) is 2. The van der Waals surface area contributed by atoms with Crippen LogP contribution in [0.4, 0.5) is 34.1 Å². The van der Waals surface area contributed by atoms with Gasteiger partial charge in [0.15, 0.2) is 0 Å². The first-order valence-electron chi connectivity index (χ1n) is 24.2. The molecule has 0 aliphatic carbocycles. The van der Waals surface area contributed by atoms with Gasteiger partial charge in [-0.05, 0) is 185 Å². The number of anilines is 6. The van der Waals surface area contributed by atoms with E-state index in [0.717, 1.165) is 67.9 Å². The lowest BCUT2D eigenvalue weighted by atomic mass is 9.87. The molecule has 0 atom stereocenters. The molecule has 0 aliphatic rings. The summed E-state index contributed by atoms with van der Waals surface area (Å²) in [4.78, 5) is 4.69. The smallest absolute Gasteiger partial charge is 0.119 e. The predicted octanol–water partition coefficient (Wildman–Crippen LogP) is 17.8. The maximum atomic E-state index is 5.63. The number of hydrogen-bond acceptors (Lipinski definition) is 6. The van der Waals surface area contributed by atoms with Crippen molar-refractivity contribution in [3.8, 4) is 45.3 Å². The van der Waals surface area contributed by atoms with E-state index in [1.54, 1.807) is 28.4 Å². The Morgan fingerprint density at radius 2 is 0.514 bits per heavy atom. The van der Waals surface area contributed by atoms with Crippen LogP contribution in [-0.4, -0.2) is 28.4 Å². The Kier molecular flexibility index (Phi) is 10.3. The van der Waals surface area contributed by atoms with Crippen molar-refractivity contribution in [2.45, 2.75) is 0 Å². The van der Waals surface area contributed by atoms with Crippen LogP contribution in [0.15, 0.2) is 218 Å². The van der Waals surface area contributed by atoms with Crippen molar-refractivity contribution in [3.63, 3.8) is 0 Å². The van der Waals surface area contributed by atoms with E-state index < -0.39 is 0 Å². The zero-order chi connectivity index (χ0) is 48.5. The van der Waals surface area contributed by atoms with Gasteiger partial charge in [-0.3, -0.25) is 0 Å². The average molecular weight is 933 g/mol. The van der Waals surface area contributed by atoms with Crippen molar-refractivity contribution in [3.05, 3.63) is 218 Å². The van der Waals surface area contributed by atoms with Crippen LogP contribution < -0.4 is 28.7 Å². The molecule has 0 saturated carbocycles. The summed E-state index contributed by atoms with van der Waals surface area (Å²) in [6, 6.07) is 78.4. The van der Waals surface area contributed by atoms with Crippen molar-refractivity contribution in [1.82, 2.24) is 0 Å². The molecule has 13 rings (SSSR count). The van der Waals surface area contributed by atoms with Gasteiger partial charge in [0.2, 0.25) is 0 Å². The Morgan fingerprint density at radius 3 is 0.806 bits per heavy atom. The van der Waals surface area contributed by atoms with E-state index >= 15 is 0 Å². The third-order valence-corrected chi connectivity index (χ3v) is 14.5. The molecular weight excluding hydrogens is 885 g/mol. The average Bonchev–Trinajstić information content (AvgIpc) is 3.96. The first-order valence-corrected chi connectivity index (χ1v) is 24.2. The van der Waals surface area contributed by atoms with Crippen molar-refractivity contribution >= 4 is 98.8 Å². The molecule has 6 nitrogen and oxygen atoms in total. The summed E-state index contributed by atoms with van der Waals surface area (Å²) in [5.74, 6) is 3.22. The van der Waals surface area contributed by atoms with E-state index in [4.69, 9.17) is 18.9 Å². The molecule has 0 aliphatic heterocycles. The lowest BCUT2D eigenvalue weighted by molar-refractivity contribution is 0.414. The summed E-state index contributed by atoms with van der Waals surface area (Å²) in [7, 11) is 6.83. The van der Waals surface area contributed by atoms with Gasteiger partial charge in [-0.15, -0.1) is 0 Å². The minimum atomic E-state index is 0.805. The summed E-state index contributed by atoms with van der Waals surface area (Å²) in [5.41, 5.74) is 11.1. The second kappa shape index (κ2) is 17.3. The molecule has 0 N–H and O–H groups in total. The number of fused-ring (bicyclic) bond motifs is 6. The van der Waals surface area contributed by atoms with E-state index in [0.29, 0.717) is 0 Å². The lowest BCUT2D eigenvalue weighted by Crippen LogP contribution is -2.10. The molecule has 0 spiro atoms. The molecule has 346 valence electrons. The molecule has 0 heterocycles. The third-order valence-electron chi connectivity index (χ3n) is 14.5. The minimum absolute atomic E-state index is 0.805. The normalized spacial score (nSPS) is 11.6. The van der Waals surface area contributed by atoms with Gasteiger partial charge in [-0.2, -0.15) is 0 Å². The van der Waals surface area contributed by atoms with Crippen LogP contribution in [0.5, 0.6) is 23.0 Å². The van der Waals surface area contributed by atoms with Crippen LogP contribution >= 0.6 is 0 Å². The molecule has 0 fully saturated rings. The van der Waals surface area contributed by atoms with Crippen molar-refractivity contribution in [2.24, 2.45) is 0 Å². The summed E-state index contributed by atoms with van der Waals surface area (Å²) in [6.07, 6.45) is 0. The van der Waals surface area contributed by atoms with Gasteiger partial charge in [0, 0.05) is 33.5 Å². The van der Waals surface area contributed by atoms with Gasteiger partial charge >= 0.3 is 0 Å². The second-order valence-corrected chi connectivity index (χ2v) is 18.2. The van der Waals surface area contributed by atoms with Crippen molar-refractivity contribution in [2.75, 3.05) is 38.2 Å². The highest BCUT2D eigenvalue weighted by atomic mass is 16.5. The molecule has 72 heavy (non-hydrogen) atoms. The molecule has 0 unspecified atom stereocenters. The Balaban J connectivity index is 1.16. The number of rotatable bonds is 12. The summed E-state index contributed by atoms with van der Waals surface area (Å²) >= 11 is 0. The predicted molar refractivity (Wildman–Crippen MR) is 300 cm³/mol. The zero-order valence-corrected chi connectivity index (χ0v) is 40.3. The van der Waals surface area contributed by atoms with Gasteiger partial charge in [-0.1, -0.05) is 109 Å². The highest BCUT2D eigenvalue weighted by molar-refractivity contribution is 6.47. The topological polar surface area (TPSA) is 43.4 Å². The molecule has 0 aromatic heterocycles. The zero-order valence-electron chi connectivity index (χ0n) is 40.3. The van der Waals surface area contributed by atoms with Crippen LogP contribution in [0.3, 0.4) is 0 Å². The lowest BCUT2D eigenvalue weighted by Gasteiger charge is -2.27. The quantitative estimate of drug-likeness (QED) is 0.122. The molecule has 6 heteroatoms. The summed E-state index contributed by atoms with van der Waals surface area (Å²) in [5, 5.41) is 14.7. The van der Waals surface area contributed by atoms with E-state index in [2.05, 4.69) is 180 Å². The van der Waals surface area contributed by atoms with Crippen LogP contribution in [-0.2, 0) is 0 Å². The van der Waals surface area contributed by atoms with Gasteiger partial charge in [0.05, 0.1) is 39.8 Å². The maximum absolute atomic E-state index is 5.63. The highest BCUT2D eigenvalue weighted by Gasteiger charge is 2.30. The number of ether oxygens (including phenoxy) is 4. The molecule has 13 aromatic rings. The molecule has 0 radical (unpaired) electrons. The number of benzene rings is 11. The SMILES string of the molecule is COc1ccc(N(c2ccc(OC)cc2)c2ccc3c4c(-c5ccccc5)c5c6ccc(N(c7ccc(OC)cc7)c7ccc(OC)cc7)c7cccc(c5c(-c5ccccc5)c4c4cccc2c43)c76)cc1. The van der Waals surface area contributed by atoms with E-state index in [1.807, 2.05) is 48.5 Å². The second-order valence-electron chi connectivity index (χ2n) is 18.2. The first-order chi connectivity index (χ1) is 35.6. The number of hydrogen-bond donors (Lipinski definition) is 0. The van der Waals surface area contributed by atoms with Crippen LogP contribution in [0.25, 0.3) is 86.9 Å². The Labute approximate surface area is 417 Å². The van der Waals surface area contributed by atoms with Crippen LogP contribution in [0, 0.1) is 0 Å². The van der Waals surface area contributed by atoms with Crippen LogP contribution in [0.2, 0.25) is 0 Å². The van der Waals surface area contributed by atoms with Gasteiger partial charge in [0.1, 0.15) is 23.0 Å². The Morgan fingerprint density at radius 1 is 0.236 bits per heavy atom. The fourth-order valence-electron chi connectivity index (χ4n) is 11.4. The summed E-state index contributed by atoms with van der Waals surface area (Å²) in [6.45, 7) is 0. The molecule has 13 aromatic carbocycles. The fraction of sp³-hybridized carbons (Fsp3) is 0.0606. The largest absolute Gasteiger partial charge is 0.497 e. The van der Waals surface area contributed by atoms with E-state index in [9.17, 15) is 0 Å². The van der Waals surface area contributed by atoms with Crippen molar-refractivity contribution in [1.29, 1.82) is 0 Å². The van der Waals surface area contributed by atoms with E-state index in [-0.39, 0.29) is 0 Å². The van der Waals surface area contributed by atoms with Crippen molar-refractivity contribution < 1.29 is 18.9 Å². The fourth-order valence-corrected chi connectivity index (χ4v) is 11.4. The summed E-state index contributed by atoms with van der Waals surface area (Å²) < 4.78 is 22.5. The maximum Gasteiger partial charge on any atom is 0.119 e. The molecule has 0 saturated heterocycles. The van der Waals surface area contributed by atoms with Crippen LogP contribution in [0.1, 0.15) is 0 Å². The Hall–Kier alpha value is -9.26. The standard InChI is InChI=1S/C66H48N2O4/c1-69-47-29-21-43(22-30-47)67(44-23-31-48(70-2)32-24-44)57-39-37-55-61-51(57)17-11-19-53(61)63-59(41-13-7-5-8-14-41)64-54-20-12-18-52-58(40-38-56(62(52)54)66(64)60(65(55)63)42-15-9-6-10-16-42)68(45-25-33-49(71-3)34-26-45)46-27-35-50(72-4)36-28-46/h5-40H,1-4H3. The highest BCUT2D eigenvalue weighted by Crippen LogP contribution is 2.57. The minimum Gasteiger partial charge on any atom is -0.497 e. The van der Waals surface area contributed by atoms with Gasteiger partial charge in [-0.25, -0.2) is 0 Å². The Bertz CT molecular complexity index is 3680. The third kappa shape index (κ3) is 6.64.